The van der Waals surface area contributed by atoms with Crippen molar-refractivity contribution in [3.8, 4) is 0 Å². The van der Waals surface area contributed by atoms with Crippen LogP contribution in [0.3, 0.4) is 0 Å². The van der Waals surface area contributed by atoms with E-state index in [1.807, 2.05) is 133 Å². The average Bonchev–Trinajstić information content (AvgIpc) is 3.48. The lowest BCUT2D eigenvalue weighted by Gasteiger charge is -2.51. The Labute approximate surface area is 443 Å². The van der Waals surface area contributed by atoms with Gasteiger partial charge in [0.25, 0.3) is 0 Å². The van der Waals surface area contributed by atoms with Crippen molar-refractivity contribution < 1.29 is 47.4 Å². The van der Waals surface area contributed by atoms with Gasteiger partial charge in [0.1, 0.15) is 54.3 Å². The molecule has 0 aromatic heterocycles. The summed E-state index contributed by atoms with van der Waals surface area (Å²) in [5.74, 6) is 0. The van der Waals surface area contributed by atoms with Gasteiger partial charge in [-0.25, -0.2) is 0 Å². The molecule has 1 unspecified atom stereocenters. The monoisotopic (exact) mass is 1020 g/mol. The molecule has 10 nitrogen and oxygen atoms in total. The molecule has 0 radical (unpaired) electrons. The Kier molecular flexibility index (Phi) is 17.5. The van der Waals surface area contributed by atoms with Gasteiger partial charge in [-0.05, 0) is 56.8 Å². The Balaban J connectivity index is 0.988. The standard InChI is InChI=1S/C64H62O10S/c1-7-21-45(22-8-1)38-65-43-54-56(59(67-42-49-35-36-50-29-19-20-32-52(50)37-49)61(69-41-48-27-13-4-14-28-48)64(72-54)75-53-33-17-6-18-34-53)74-63-60(68-40-47-25-11-3-12-26-47)58(66-39-46-23-9-2-10-24-46)57-55(71-63)44-70-62(73-57)51-30-15-5-16-31-51/h1-37,54-64H,38-44H2/t54-,55-,56-,57-,58+,59+,60+,61+,62?,63+,64-/m1/s1. The lowest BCUT2D eigenvalue weighted by molar-refractivity contribution is -0.389. The van der Waals surface area contributed by atoms with E-state index in [0.29, 0.717) is 19.8 Å². The highest BCUT2D eigenvalue weighted by Gasteiger charge is 2.56. The molecule has 0 amide bonds. The van der Waals surface area contributed by atoms with Gasteiger partial charge in [0.15, 0.2) is 12.6 Å². The quantitative estimate of drug-likeness (QED) is 0.0689. The molecular formula is C64H62O10S. The van der Waals surface area contributed by atoms with Crippen LogP contribution in [0.1, 0.15) is 39.7 Å². The van der Waals surface area contributed by atoms with Crippen LogP contribution in [0.2, 0.25) is 0 Å². The normalized spacial score (nSPS) is 25.6. The first-order valence-electron chi connectivity index (χ1n) is 25.8. The van der Waals surface area contributed by atoms with E-state index in [2.05, 4.69) is 91.0 Å². The molecule has 0 N–H and O–H groups in total. The van der Waals surface area contributed by atoms with Crippen molar-refractivity contribution in [3.05, 3.63) is 258 Å². The highest BCUT2D eigenvalue weighted by atomic mass is 32.2. The fraction of sp³-hybridized carbons (Fsp3) is 0.281. The summed E-state index contributed by atoms with van der Waals surface area (Å²) >= 11 is 1.59. The number of fused-ring (bicyclic) bond motifs is 2. The first-order chi connectivity index (χ1) is 37.2. The Morgan fingerprint density at radius 3 is 1.55 bits per heavy atom. The van der Waals surface area contributed by atoms with Crippen molar-refractivity contribution in [2.75, 3.05) is 13.2 Å². The van der Waals surface area contributed by atoms with E-state index in [1.165, 1.54) is 0 Å². The first-order valence-corrected chi connectivity index (χ1v) is 26.7. The van der Waals surface area contributed by atoms with Crippen LogP contribution in [0.4, 0.5) is 0 Å². The molecule has 0 spiro atoms. The number of hydrogen-bond donors (Lipinski definition) is 0. The van der Waals surface area contributed by atoms with E-state index in [1.54, 1.807) is 11.8 Å². The minimum absolute atomic E-state index is 0.167. The van der Waals surface area contributed by atoms with Crippen LogP contribution < -0.4 is 0 Å². The number of rotatable bonds is 21. The second-order valence-corrected chi connectivity index (χ2v) is 20.2. The average molecular weight is 1020 g/mol. The Bertz CT molecular complexity index is 2940. The Morgan fingerprint density at radius 2 is 0.920 bits per heavy atom. The topological polar surface area (TPSA) is 92.3 Å². The van der Waals surface area contributed by atoms with E-state index in [0.717, 1.165) is 49.0 Å². The Hall–Kier alpha value is -6.03. The van der Waals surface area contributed by atoms with Gasteiger partial charge in [0.2, 0.25) is 0 Å². The zero-order valence-electron chi connectivity index (χ0n) is 41.7. The molecule has 75 heavy (non-hydrogen) atoms. The molecule has 3 fully saturated rings. The van der Waals surface area contributed by atoms with Gasteiger partial charge in [-0.3, -0.25) is 0 Å². The number of ether oxygens (including phenoxy) is 10. The van der Waals surface area contributed by atoms with Gasteiger partial charge in [-0.2, -0.15) is 0 Å². The Morgan fingerprint density at radius 1 is 0.413 bits per heavy atom. The third-order valence-electron chi connectivity index (χ3n) is 13.7. The predicted molar refractivity (Wildman–Crippen MR) is 288 cm³/mol. The van der Waals surface area contributed by atoms with Gasteiger partial charge >= 0.3 is 0 Å². The highest BCUT2D eigenvalue weighted by Crippen LogP contribution is 2.42. The summed E-state index contributed by atoms with van der Waals surface area (Å²) in [7, 11) is 0. The maximum atomic E-state index is 7.59. The number of hydrogen-bond acceptors (Lipinski definition) is 11. The fourth-order valence-electron chi connectivity index (χ4n) is 9.92. The van der Waals surface area contributed by atoms with E-state index in [9.17, 15) is 0 Å². The summed E-state index contributed by atoms with van der Waals surface area (Å²) in [4.78, 5) is 1.02. The minimum atomic E-state index is -1.04. The summed E-state index contributed by atoms with van der Waals surface area (Å²) in [6, 6.07) is 75.5. The third kappa shape index (κ3) is 13.3. The van der Waals surface area contributed by atoms with E-state index in [4.69, 9.17) is 47.4 Å². The molecule has 0 aliphatic carbocycles. The molecule has 3 aliphatic heterocycles. The lowest BCUT2D eigenvalue weighted by atomic mass is 9.95. The maximum Gasteiger partial charge on any atom is 0.187 e. The molecule has 11 heteroatoms. The van der Waals surface area contributed by atoms with Gasteiger partial charge in [0.05, 0.1) is 46.2 Å². The maximum absolute atomic E-state index is 7.59. The molecule has 3 aliphatic rings. The molecule has 3 heterocycles. The molecule has 0 saturated carbocycles. The SMILES string of the molecule is c1ccc(COC[C@H]2O[C@H](Sc3ccccc3)[C@@H](OCc3ccccc3)[C@@H](OCc3ccc4ccccc4c3)[C@@H]2O[C@@H]2O[C@@H]3COC(c4ccccc4)O[C@H]3[C@H](OCc3ccccc3)[C@@H]2OCc2ccccc2)cc1. The third-order valence-corrected chi connectivity index (χ3v) is 14.9. The van der Waals surface area contributed by atoms with Gasteiger partial charge in [0, 0.05) is 10.5 Å². The van der Waals surface area contributed by atoms with Crippen LogP contribution in [0.25, 0.3) is 10.8 Å². The minimum Gasteiger partial charge on any atom is -0.374 e. The smallest absolute Gasteiger partial charge is 0.187 e. The molecule has 8 aromatic rings. The van der Waals surface area contributed by atoms with Crippen molar-refractivity contribution in [2.45, 2.75) is 105 Å². The molecule has 8 aromatic carbocycles. The van der Waals surface area contributed by atoms with Crippen molar-refractivity contribution in [3.63, 3.8) is 0 Å². The summed E-state index contributed by atoms with van der Waals surface area (Å²) in [5.41, 5.74) is 5.38. The predicted octanol–water partition coefficient (Wildman–Crippen LogP) is 12.4. The van der Waals surface area contributed by atoms with Crippen LogP contribution in [-0.2, 0) is 80.4 Å². The lowest BCUT2D eigenvalue weighted by Crippen LogP contribution is -2.66. The summed E-state index contributed by atoms with van der Waals surface area (Å²) < 4.78 is 70.7. The molecule has 0 bridgehead atoms. The summed E-state index contributed by atoms with van der Waals surface area (Å²) in [6.07, 6.45) is -7.33. The first kappa shape index (κ1) is 51.1. The molecule has 11 rings (SSSR count). The second kappa shape index (κ2) is 25.7. The van der Waals surface area contributed by atoms with Gasteiger partial charge < -0.3 is 47.4 Å². The van der Waals surface area contributed by atoms with Crippen LogP contribution in [0, 0.1) is 0 Å². The van der Waals surface area contributed by atoms with Gasteiger partial charge in [-0.1, -0.05) is 218 Å². The van der Waals surface area contributed by atoms with Crippen molar-refractivity contribution in [2.24, 2.45) is 0 Å². The summed E-state index contributed by atoms with van der Waals surface area (Å²) in [6.45, 7) is 1.85. The zero-order valence-corrected chi connectivity index (χ0v) is 42.5. The number of thioether (sulfide) groups is 1. The zero-order chi connectivity index (χ0) is 50.4. The molecular weight excluding hydrogens is 961 g/mol. The van der Waals surface area contributed by atoms with E-state index < -0.39 is 66.8 Å². The van der Waals surface area contributed by atoms with Crippen molar-refractivity contribution in [1.29, 1.82) is 0 Å². The molecule has 384 valence electrons. The summed E-state index contributed by atoms with van der Waals surface area (Å²) in [5, 5.41) is 2.27. The van der Waals surface area contributed by atoms with Crippen molar-refractivity contribution in [1.82, 2.24) is 0 Å². The molecule has 3 saturated heterocycles. The van der Waals surface area contributed by atoms with Gasteiger partial charge in [-0.15, -0.1) is 0 Å². The largest absolute Gasteiger partial charge is 0.374 e. The molecule has 11 atom stereocenters. The van der Waals surface area contributed by atoms with Crippen LogP contribution in [0.15, 0.2) is 229 Å². The van der Waals surface area contributed by atoms with E-state index >= 15 is 0 Å². The van der Waals surface area contributed by atoms with E-state index in [-0.39, 0.29) is 26.4 Å². The van der Waals surface area contributed by atoms with Crippen molar-refractivity contribution >= 4 is 22.5 Å². The van der Waals surface area contributed by atoms with Crippen LogP contribution in [-0.4, -0.2) is 73.8 Å². The fourth-order valence-corrected chi connectivity index (χ4v) is 11.1. The van der Waals surface area contributed by atoms with Crippen LogP contribution >= 0.6 is 11.8 Å². The highest BCUT2D eigenvalue weighted by molar-refractivity contribution is 7.99. The van der Waals surface area contributed by atoms with Crippen LogP contribution in [0.5, 0.6) is 0 Å². The second-order valence-electron chi connectivity index (χ2n) is 19.0. The number of benzene rings is 8.